The van der Waals surface area contributed by atoms with E-state index in [9.17, 15) is 10.4 Å². The second-order valence-electron chi connectivity index (χ2n) is 1.33. The van der Waals surface area contributed by atoms with Gasteiger partial charge in [-0.1, -0.05) is 6.92 Å². The molecule has 0 unspecified atom stereocenters. The molecular weight excluding hydrogens is 202 g/mol. The van der Waals surface area contributed by atoms with Gasteiger partial charge in [0.1, 0.15) is 0 Å². The molecule has 0 saturated carbocycles. The number of rotatable bonds is 3. The van der Waals surface area contributed by atoms with E-state index in [0.717, 1.165) is 0 Å². The molecule has 6 nitrogen and oxygen atoms in total. The molecule has 2 N–H and O–H groups in total. The Balaban J connectivity index is -0.000000320. The Morgan fingerprint density at radius 2 is 1.55 bits per heavy atom. The summed E-state index contributed by atoms with van der Waals surface area (Å²) in [6.07, 6.45) is -0.0650. The summed E-state index contributed by atoms with van der Waals surface area (Å²) in [6, 6.07) is 0. The van der Waals surface area contributed by atoms with E-state index < -0.39 is 6.17 Å². The maximum atomic E-state index is 9.57. The van der Waals surface area contributed by atoms with Crippen molar-refractivity contribution >= 4 is 0 Å². The first-order chi connectivity index (χ1) is 4.35. The molecule has 0 rings (SSSR count). The van der Waals surface area contributed by atoms with E-state index in [4.69, 9.17) is 0 Å². The van der Waals surface area contributed by atoms with Crippen LogP contribution in [0.2, 0.25) is 0 Å². The zero-order valence-corrected chi connectivity index (χ0v) is 13.2. The van der Waals surface area contributed by atoms with E-state index in [1.54, 1.807) is 6.92 Å². The van der Waals surface area contributed by atoms with Gasteiger partial charge in [0.25, 0.3) is 6.17 Å². The van der Waals surface area contributed by atoms with Crippen LogP contribution in [-0.4, -0.2) is 6.17 Å². The summed E-state index contributed by atoms with van der Waals surface area (Å²) in [6.45, 7) is 1.76. The predicted octanol–water partition coefficient (Wildman–Crippen LogP) is -8.21. The molecule has 0 heterocycles. The van der Waals surface area contributed by atoms with Gasteiger partial charge in [0.05, 0.1) is 0 Å². The second-order valence-corrected chi connectivity index (χ2v) is 1.33. The van der Waals surface area contributed by atoms with Crippen LogP contribution in [0.4, 0.5) is 0 Å². The standard InChI is InChI=1S/C3H8N4O2.2K/c1-2-3(4-6-8)5-7-9;;/h3,6-7H,2H2,1H3;;/q;2*+1. The van der Waals surface area contributed by atoms with Crippen molar-refractivity contribution in [2.75, 3.05) is 0 Å². The van der Waals surface area contributed by atoms with Gasteiger partial charge in [-0.05, 0) is 16.6 Å². The van der Waals surface area contributed by atoms with Gasteiger partial charge in [-0.15, -0.1) is 10.6 Å². The van der Waals surface area contributed by atoms with Crippen LogP contribution in [0.15, 0.2) is 10.2 Å². The molecule has 0 amide bonds. The number of nitrogens with one attached hydrogen (secondary N) is 2. The third kappa shape index (κ3) is 12.1. The van der Waals surface area contributed by atoms with Crippen molar-refractivity contribution in [2.24, 2.45) is 10.2 Å². The Labute approximate surface area is 150 Å². The van der Waals surface area contributed by atoms with E-state index >= 15 is 0 Å². The van der Waals surface area contributed by atoms with Crippen LogP contribution in [0.3, 0.4) is 0 Å². The van der Waals surface area contributed by atoms with Gasteiger partial charge in [0, 0.05) is 0 Å². The molecule has 52 valence electrons. The van der Waals surface area contributed by atoms with Crippen LogP contribution in [-0.2, 0) is 0 Å². The Hall–Kier alpha value is 2.07. The minimum atomic E-state index is -0.583. The fourth-order valence-corrected chi connectivity index (χ4v) is 0.333. The average Bonchev–Trinajstić information content (AvgIpc) is 1.88. The average molecular weight is 210 g/mol. The quantitative estimate of drug-likeness (QED) is 0.275. The monoisotopic (exact) mass is 210 g/mol. The minimum Gasteiger partial charge on any atom is -0.602 e. The molecule has 0 aliphatic rings. The maximum absolute atomic E-state index is 9.57. The summed E-state index contributed by atoms with van der Waals surface area (Å²) >= 11 is 0. The van der Waals surface area contributed by atoms with Crippen molar-refractivity contribution < 1.29 is 113 Å². The minimum absolute atomic E-state index is 0. The van der Waals surface area contributed by atoms with Gasteiger partial charge >= 0.3 is 103 Å². The third-order valence-electron chi connectivity index (χ3n) is 0.769. The van der Waals surface area contributed by atoms with Crippen molar-refractivity contribution in [1.82, 2.24) is 0 Å². The molecule has 0 aliphatic heterocycles. The largest absolute Gasteiger partial charge is 1.00 e. The summed E-state index contributed by atoms with van der Waals surface area (Å²) in [5, 5.41) is 28.1. The summed E-state index contributed by atoms with van der Waals surface area (Å²) < 4.78 is 0. The van der Waals surface area contributed by atoms with Gasteiger partial charge < -0.3 is 10.4 Å². The molecule has 0 spiro atoms. The molecule has 0 aromatic heterocycles. The molecular formula is C3H8K2N4O2+2. The fourth-order valence-electron chi connectivity index (χ4n) is 0.333. The van der Waals surface area contributed by atoms with E-state index in [1.807, 2.05) is 0 Å². The van der Waals surface area contributed by atoms with Crippen LogP contribution in [0, 0.1) is 10.4 Å². The van der Waals surface area contributed by atoms with Crippen molar-refractivity contribution in [2.45, 2.75) is 19.5 Å². The van der Waals surface area contributed by atoms with Crippen LogP contribution >= 0.6 is 0 Å². The van der Waals surface area contributed by atoms with Crippen LogP contribution < -0.4 is 113 Å². The SMILES string of the molecule is CCC(/N=[NH+]/[O-])/N=[NH+]/[O-].[K+].[K+]. The first-order valence-electron chi connectivity index (χ1n) is 2.49. The summed E-state index contributed by atoms with van der Waals surface area (Å²) in [4.78, 5) is 0. The Bertz CT molecular complexity index is 108. The van der Waals surface area contributed by atoms with Gasteiger partial charge in [0.2, 0.25) is 0 Å². The predicted molar refractivity (Wildman–Crippen MR) is 27.6 cm³/mol. The van der Waals surface area contributed by atoms with Crippen molar-refractivity contribution in [3.8, 4) is 0 Å². The smallest absolute Gasteiger partial charge is 0.602 e. The number of nitrogens with zero attached hydrogens (tertiary/aromatic N) is 2. The molecule has 11 heavy (non-hydrogen) atoms. The Kier molecular flexibility index (Phi) is 24.9. The summed E-state index contributed by atoms with van der Waals surface area (Å²) in [5.41, 5.74) is 0. The Morgan fingerprint density at radius 3 is 1.73 bits per heavy atom. The molecule has 0 radical (unpaired) electrons. The first-order valence-corrected chi connectivity index (χ1v) is 2.49. The first kappa shape index (κ1) is 18.8. The molecule has 0 fully saturated rings. The molecule has 8 heteroatoms. The molecule has 0 bridgehead atoms. The molecule has 0 saturated heterocycles. The molecule has 0 aromatic rings. The van der Waals surface area contributed by atoms with Crippen LogP contribution in [0.25, 0.3) is 0 Å². The second kappa shape index (κ2) is 14.6. The molecule has 0 aliphatic carbocycles. The normalized spacial score (nSPS) is 10.0. The van der Waals surface area contributed by atoms with Crippen LogP contribution in [0.1, 0.15) is 13.3 Å². The van der Waals surface area contributed by atoms with E-state index in [0.29, 0.717) is 6.42 Å². The van der Waals surface area contributed by atoms with Crippen molar-refractivity contribution in [3.63, 3.8) is 0 Å². The zero-order chi connectivity index (χ0) is 7.11. The molecule has 0 aromatic carbocycles. The maximum Gasteiger partial charge on any atom is 1.00 e. The van der Waals surface area contributed by atoms with Gasteiger partial charge in [-0.2, -0.15) is 0 Å². The zero-order valence-electron chi connectivity index (χ0n) is 7.00. The van der Waals surface area contributed by atoms with E-state index in [1.165, 1.54) is 10.6 Å². The van der Waals surface area contributed by atoms with Crippen molar-refractivity contribution in [1.29, 1.82) is 0 Å². The summed E-state index contributed by atoms with van der Waals surface area (Å²) in [5.74, 6) is 0. The number of hydrogen-bond donors (Lipinski definition) is 2. The number of hydrogen-bond acceptors (Lipinski definition) is 4. The van der Waals surface area contributed by atoms with Crippen molar-refractivity contribution in [3.05, 3.63) is 10.4 Å². The third-order valence-corrected chi connectivity index (χ3v) is 0.769. The Morgan fingerprint density at radius 1 is 1.18 bits per heavy atom. The summed E-state index contributed by atoms with van der Waals surface area (Å²) in [7, 11) is 0. The van der Waals surface area contributed by atoms with Gasteiger partial charge in [-0.25, -0.2) is 0 Å². The fraction of sp³-hybridized carbons (Fsp3) is 1.00. The van der Waals surface area contributed by atoms with Gasteiger partial charge in [-0.3, -0.25) is 0 Å². The van der Waals surface area contributed by atoms with Gasteiger partial charge in [0.15, 0.2) is 0 Å². The van der Waals surface area contributed by atoms with E-state index in [2.05, 4.69) is 10.2 Å². The van der Waals surface area contributed by atoms with Crippen LogP contribution in [0.5, 0.6) is 0 Å². The van der Waals surface area contributed by atoms with E-state index in [-0.39, 0.29) is 103 Å². The topological polar surface area (TPSA) is 98.8 Å². The molecule has 0 atom stereocenters.